The minimum Gasteiger partial charge on any atom is -0.287 e. The highest BCUT2D eigenvalue weighted by atomic mass is 32.1. The van der Waals surface area contributed by atoms with Crippen LogP contribution in [-0.4, -0.2) is 11.6 Å². The van der Waals surface area contributed by atoms with Crippen molar-refractivity contribution in [3.05, 3.63) is 101 Å². The van der Waals surface area contributed by atoms with Crippen LogP contribution in [-0.2, 0) is 12.8 Å². The van der Waals surface area contributed by atoms with E-state index < -0.39 is 46.0 Å². The molecule has 0 aliphatic rings. The molecule has 0 N–H and O–H groups in total. The summed E-state index contributed by atoms with van der Waals surface area (Å²) in [6.45, 7) is 8.39. The Labute approximate surface area is 321 Å². The van der Waals surface area contributed by atoms with E-state index in [0.29, 0.717) is 0 Å². The number of ketones is 2. The Kier molecular flexibility index (Phi) is 14.6. The quantitative estimate of drug-likeness (QED) is 0.0341. The summed E-state index contributed by atoms with van der Waals surface area (Å²) in [4.78, 5) is 32.4. The molecule has 10 heteroatoms. The number of thiophene rings is 4. The van der Waals surface area contributed by atoms with E-state index in [4.69, 9.17) is 0 Å². The highest BCUT2D eigenvalue weighted by molar-refractivity contribution is 7.24. The Balaban J connectivity index is 1.33. The fourth-order valence-corrected chi connectivity index (χ4v) is 10.9. The lowest BCUT2D eigenvalue weighted by molar-refractivity contribution is 0.101. The van der Waals surface area contributed by atoms with Gasteiger partial charge in [0.15, 0.2) is 23.3 Å². The van der Waals surface area contributed by atoms with Crippen molar-refractivity contribution in [1.29, 1.82) is 0 Å². The average Bonchev–Trinajstić information content (AvgIpc) is 3.94. The maximum absolute atomic E-state index is 15.6. The Hall–Kier alpha value is -2.92. The van der Waals surface area contributed by atoms with Crippen molar-refractivity contribution in [2.75, 3.05) is 0 Å². The van der Waals surface area contributed by atoms with Crippen LogP contribution in [0.3, 0.4) is 0 Å². The zero-order valence-corrected chi connectivity index (χ0v) is 33.6. The van der Waals surface area contributed by atoms with E-state index in [1.54, 1.807) is 34.8 Å². The van der Waals surface area contributed by atoms with Gasteiger partial charge < -0.3 is 0 Å². The highest BCUT2D eigenvalue weighted by Gasteiger charge is 2.34. The third-order valence-corrected chi connectivity index (χ3v) is 14.0. The molecule has 0 amide bonds. The third kappa shape index (κ3) is 9.41. The smallest absolute Gasteiger partial charge is 0.209 e. The fourth-order valence-electron chi connectivity index (χ4n) is 6.55. The second-order valence-electron chi connectivity index (χ2n) is 13.5. The molecular formula is C42H46F4O2S4. The van der Waals surface area contributed by atoms with Crippen LogP contribution in [0.15, 0.2) is 36.4 Å². The minimum atomic E-state index is -1.87. The van der Waals surface area contributed by atoms with Crippen molar-refractivity contribution in [3.8, 4) is 19.5 Å². The fraction of sp³-hybridized carbons (Fsp3) is 0.429. The lowest BCUT2D eigenvalue weighted by Gasteiger charge is -2.10. The largest absolute Gasteiger partial charge is 0.287 e. The summed E-state index contributed by atoms with van der Waals surface area (Å²) in [5.41, 5.74) is -0.378. The Morgan fingerprint density at radius 2 is 0.846 bits per heavy atom. The van der Waals surface area contributed by atoms with Crippen LogP contribution in [0, 0.1) is 37.1 Å². The molecule has 0 fully saturated rings. The van der Waals surface area contributed by atoms with Crippen molar-refractivity contribution >= 4 is 56.9 Å². The van der Waals surface area contributed by atoms with Crippen molar-refractivity contribution < 1.29 is 27.2 Å². The molecule has 0 radical (unpaired) electrons. The molecule has 4 aromatic heterocycles. The number of hydrogen-bond donors (Lipinski definition) is 0. The summed E-state index contributed by atoms with van der Waals surface area (Å²) in [7, 11) is 0. The number of hydrogen-bond acceptors (Lipinski definition) is 6. The molecule has 0 saturated carbocycles. The lowest BCUT2D eigenvalue weighted by atomic mass is 10.0. The second-order valence-corrected chi connectivity index (χ2v) is 18.1. The standard InChI is InChI=1S/C42H46F4O2S4/c1-5-7-9-11-13-15-17-27-23-25(3)49-41(27)31-21-19-29(51-31)39(47)33-35(43)37(45)34(38(46)36(33)44)40(48)30-20-22-32(52-30)42-28(24-26(4)50-42)18-16-14-12-10-8-6-2/h19-24H,5-18H2,1-4H3. The summed E-state index contributed by atoms with van der Waals surface area (Å²) in [5.74, 6) is -9.82. The van der Waals surface area contributed by atoms with Crippen LogP contribution in [0.4, 0.5) is 17.6 Å². The molecule has 0 atom stereocenters. The van der Waals surface area contributed by atoms with Crippen molar-refractivity contribution in [1.82, 2.24) is 0 Å². The Bertz CT molecular complexity index is 1830. The first-order valence-corrected chi connectivity index (χ1v) is 21.7. The Morgan fingerprint density at radius 1 is 0.500 bits per heavy atom. The zero-order valence-electron chi connectivity index (χ0n) is 30.3. The predicted molar refractivity (Wildman–Crippen MR) is 212 cm³/mol. The van der Waals surface area contributed by atoms with E-state index in [9.17, 15) is 9.59 Å². The molecule has 0 bridgehead atoms. The van der Waals surface area contributed by atoms with Gasteiger partial charge in [0.2, 0.25) is 11.6 Å². The first-order chi connectivity index (χ1) is 25.0. The van der Waals surface area contributed by atoms with Crippen LogP contribution >= 0.6 is 45.3 Å². The number of halogens is 4. The van der Waals surface area contributed by atoms with Crippen molar-refractivity contribution in [3.63, 3.8) is 0 Å². The van der Waals surface area contributed by atoms with Gasteiger partial charge in [-0.3, -0.25) is 9.59 Å². The molecule has 0 saturated heterocycles. The first-order valence-electron chi connectivity index (χ1n) is 18.4. The molecule has 0 aliphatic carbocycles. The van der Waals surface area contributed by atoms with Crippen LogP contribution in [0.5, 0.6) is 0 Å². The minimum absolute atomic E-state index is 0.0480. The number of aryl methyl sites for hydroxylation is 4. The van der Waals surface area contributed by atoms with Crippen molar-refractivity contribution in [2.45, 2.75) is 118 Å². The topological polar surface area (TPSA) is 34.1 Å². The van der Waals surface area contributed by atoms with Crippen LogP contribution in [0.2, 0.25) is 0 Å². The van der Waals surface area contributed by atoms with E-state index in [1.165, 1.54) is 63.5 Å². The van der Waals surface area contributed by atoms with Crippen molar-refractivity contribution in [2.24, 2.45) is 0 Å². The van der Waals surface area contributed by atoms with Gasteiger partial charge in [0, 0.05) is 29.3 Å². The number of carbonyl (C=O) groups is 2. The van der Waals surface area contributed by atoms with Crippen LogP contribution < -0.4 is 0 Å². The molecule has 278 valence electrons. The van der Waals surface area contributed by atoms with Gasteiger partial charge >= 0.3 is 0 Å². The second kappa shape index (κ2) is 18.9. The molecular weight excluding hydrogens is 741 g/mol. The lowest BCUT2D eigenvalue weighted by Crippen LogP contribution is -2.16. The molecule has 0 aliphatic heterocycles. The van der Waals surface area contributed by atoms with Gasteiger partial charge in [-0.25, -0.2) is 17.6 Å². The molecule has 2 nitrogen and oxygen atoms in total. The summed E-state index contributed by atoms with van der Waals surface area (Å²) in [5, 5.41) is 0. The maximum atomic E-state index is 15.6. The first kappa shape index (κ1) is 40.3. The van der Waals surface area contributed by atoms with Gasteiger partial charge in [0.05, 0.1) is 9.75 Å². The summed E-state index contributed by atoms with van der Waals surface area (Å²) in [6, 6.07) is 10.5. The van der Waals surface area contributed by atoms with Gasteiger partial charge in [-0.2, -0.15) is 0 Å². The summed E-state index contributed by atoms with van der Waals surface area (Å²) >= 11 is 5.22. The molecule has 5 aromatic rings. The predicted octanol–water partition coefficient (Wildman–Crippen LogP) is 14.7. The van der Waals surface area contributed by atoms with E-state index in [0.717, 1.165) is 102 Å². The molecule has 5 rings (SSSR count). The molecule has 0 unspecified atom stereocenters. The van der Waals surface area contributed by atoms with Crippen LogP contribution in [0.25, 0.3) is 19.5 Å². The molecule has 4 heterocycles. The normalized spacial score (nSPS) is 11.5. The molecule has 0 spiro atoms. The van der Waals surface area contributed by atoms with E-state index >= 15 is 17.6 Å². The zero-order chi connectivity index (χ0) is 37.4. The van der Waals surface area contributed by atoms with Gasteiger partial charge in [-0.05, 0) is 87.1 Å². The SMILES string of the molecule is CCCCCCCCc1cc(C)sc1-c1ccc(C(=O)c2c(F)c(F)c(C(=O)c3ccc(-c4sc(C)cc4CCCCCCCC)s3)c(F)c2F)s1. The highest BCUT2D eigenvalue weighted by Crippen LogP contribution is 2.41. The van der Waals surface area contributed by atoms with Crippen LogP contribution in [0.1, 0.15) is 142 Å². The van der Waals surface area contributed by atoms with Gasteiger partial charge in [0.1, 0.15) is 11.1 Å². The Morgan fingerprint density at radius 3 is 1.21 bits per heavy atom. The maximum Gasteiger partial charge on any atom is 0.209 e. The van der Waals surface area contributed by atoms with Gasteiger partial charge in [-0.15, -0.1) is 45.3 Å². The number of benzene rings is 1. The van der Waals surface area contributed by atoms with E-state index in [1.807, 2.05) is 13.8 Å². The monoisotopic (exact) mass is 786 g/mol. The molecule has 1 aromatic carbocycles. The van der Waals surface area contributed by atoms with E-state index in [-0.39, 0.29) is 9.75 Å². The molecule has 52 heavy (non-hydrogen) atoms. The number of unbranched alkanes of at least 4 members (excludes halogenated alkanes) is 10. The van der Waals surface area contributed by atoms with E-state index in [2.05, 4.69) is 26.0 Å². The van der Waals surface area contributed by atoms with Gasteiger partial charge in [0.25, 0.3) is 0 Å². The summed E-state index contributed by atoms with van der Waals surface area (Å²) in [6.07, 6.45) is 15.7. The van der Waals surface area contributed by atoms with Gasteiger partial charge in [-0.1, -0.05) is 78.1 Å². The summed E-state index contributed by atoms with van der Waals surface area (Å²) < 4.78 is 62.2. The number of carbonyl (C=O) groups excluding carboxylic acids is 2. The number of rotatable bonds is 20. The average molecular weight is 787 g/mol. The third-order valence-electron chi connectivity index (χ3n) is 9.29.